The molecule has 3 N–H and O–H groups in total. The van der Waals surface area contributed by atoms with Crippen molar-refractivity contribution in [3.05, 3.63) is 63.7 Å². The van der Waals surface area contributed by atoms with Crippen molar-refractivity contribution in [3.8, 4) is 11.5 Å². The molecular weight excluding hydrogens is 258 g/mol. The van der Waals surface area contributed by atoms with Crippen molar-refractivity contribution in [1.29, 1.82) is 5.41 Å². The van der Waals surface area contributed by atoms with Gasteiger partial charge in [0.2, 0.25) is 0 Å². The van der Waals surface area contributed by atoms with Crippen LogP contribution in [0.5, 0.6) is 11.5 Å². The van der Waals surface area contributed by atoms with Crippen molar-refractivity contribution in [2.45, 2.75) is 6.92 Å². The van der Waals surface area contributed by atoms with Crippen LogP contribution in [0.3, 0.4) is 0 Å². The zero-order chi connectivity index (χ0) is 14.7. The molecule has 0 fully saturated rings. The molecule has 0 aliphatic carbocycles. The van der Waals surface area contributed by atoms with E-state index in [-0.39, 0.29) is 11.5 Å². The zero-order valence-corrected chi connectivity index (χ0v) is 10.8. The summed E-state index contributed by atoms with van der Waals surface area (Å²) < 4.78 is 5.62. The van der Waals surface area contributed by atoms with Crippen LogP contribution in [0.1, 0.15) is 11.1 Å². The Morgan fingerprint density at radius 1 is 1.30 bits per heavy atom. The molecule has 0 spiro atoms. The van der Waals surface area contributed by atoms with Gasteiger partial charge < -0.3 is 10.5 Å². The smallest absolute Gasteiger partial charge is 0.273 e. The van der Waals surface area contributed by atoms with Crippen LogP contribution in [0.2, 0.25) is 0 Å². The molecule has 0 atom stereocenters. The minimum atomic E-state index is -0.491. The van der Waals surface area contributed by atoms with E-state index in [2.05, 4.69) is 0 Å². The summed E-state index contributed by atoms with van der Waals surface area (Å²) in [6.45, 7) is 1.88. The molecule has 0 heterocycles. The molecule has 20 heavy (non-hydrogen) atoms. The number of nitro groups is 1. The maximum absolute atomic E-state index is 10.7. The van der Waals surface area contributed by atoms with Gasteiger partial charge in [-0.2, -0.15) is 0 Å². The summed E-state index contributed by atoms with van der Waals surface area (Å²) in [7, 11) is 0. The van der Waals surface area contributed by atoms with Crippen LogP contribution in [-0.4, -0.2) is 10.8 Å². The van der Waals surface area contributed by atoms with Gasteiger partial charge >= 0.3 is 0 Å². The van der Waals surface area contributed by atoms with Crippen LogP contribution in [-0.2, 0) is 0 Å². The predicted octanol–water partition coefficient (Wildman–Crippen LogP) is 2.98. The van der Waals surface area contributed by atoms with Crippen molar-refractivity contribution in [1.82, 2.24) is 0 Å². The number of aryl methyl sites for hydroxylation is 1. The molecule has 0 radical (unpaired) electrons. The highest BCUT2D eigenvalue weighted by Crippen LogP contribution is 2.28. The average Bonchev–Trinajstić information content (AvgIpc) is 2.38. The Hall–Kier alpha value is -2.89. The standard InChI is InChI=1S/C14H13N3O3/c1-9-5-6-12(14(15)16)13(7-9)20-11-4-2-3-10(8-11)17(18)19/h2-8H,1H3,(H3,15,16). The van der Waals surface area contributed by atoms with Gasteiger partial charge in [0.05, 0.1) is 16.6 Å². The Morgan fingerprint density at radius 3 is 2.70 bits per heavy atom. The molecule has 102 valence electrons. The lowest BCUT2D eigenvalue weighted by Gasteiger charge is -2.11. The number of non-ortho nitro benzene ring substituents is 1. The summed E-state index contributed by atoms with van der Waals surface area (Å²) >= 11 is 0. The molecule has 0 saturated carbocycles. The number of benzene rings is 2. The van der Waals surface area contributed by atoms with Gasteiger partial charge in [0, 0.05) is 6.07 Å². The van der Waals surface area contributed by atoms with Gasteiger partial charge in [-0.15, -0.1) is 0 Å². The van der Waals surface area contributed by atoms with Gasteiger partial charge in [0.25, 0.3) is 5.69 Å². The third-order valence-corrected chi connectivity index (χ3v) is 2.68. The first-order valence-corrected chi connectivity index (χ1v) is 5.85. The number of rotatable bonds is 4. The molecule has 6 heteroatoms. The Balaban J connectivity index is 2.39. The predicted molar refractivity (Wildman–Crippen MR) is 75.4 cm³/mol. The molecule has 0 aliphatic rings. The van der Waals surface area contributed by atoms with Gasteiger partial charge in [0.15, 0.2) is 0 Å². The second-order valence-electron chi connectivity index (χ2n) is 4.27. The van der Waals surface area contributed by atoms with Crippen LogP contribution < -0.4 is 10.5 Å². The van der Waals surface area contributed by atoms with Gasteiger partial charge in [0.1, 0.15) is 17.3 Å². The molecule has 0 amide bonds. The number of nitrogens with two attached hydrogens (primary N) is 1. The number of ether oxygens (including phenoxy) is 1. The van der Waals surface area contributed by atoms with Crippen LogP contribution in [0.25, 0.3) is 0 Å². The first kappa shape index (κ1) is 13.5. The van der Waals surface area contributed by atoms with Crippen LogP contribution in [0.4, 0.5) is 5.69 Å². The number of nitro benzene ring substituents is 1. The van der Waals surface area contributed by atoms with E-state index in [1.54, 1.807) is 18.2 Å². The summed E-state index contributed by atoms with van der Waals surface area (Å²) in [6.07, 6.45) is 0. The highest BCUT2D eigenvalue weighted by molar-refractivity contribution is 5.97. The topological polar surface area (TPSA) is 102 Å². The van der Waals surface area contributed by atoms with Crippen LogP contribution in [0, 0.1) is 22.4 Å². The van der Waals surface area contributed by atoms with Gasteiger partial charge in [-0.3, -0.25) is 15.5 Å². The van der Waals surface area contributed by atoms with E-state index in [4.69, 9.17) is 15.9 Å². The minimum Gasteiger partial charge on any atom is -0.456 e. The van der Waals surface area contributed by atoms with Crippen LogP contribution in [0.15, 0.2) is 42.5 Å². The lowest BCUT2D eigenvalue weighted by molar-refractivity contribution is -0.384. The molecule has 0 bridgehead atoms. The number of hydrogen-bond donors (Lipinski definition) is 2. The van der Waals surface area contributed by atoms with E-state index in [1.807, 2.05) is 13.0 Å². The Kier molecular flexibility index (Phi) is 3.65. The maximum atomic E-state index is 10.7. The van der Waals surface area contributed by atoms with Crippen LogP contribution >= 0.6 is 0 Å². The molecule has 0 saturated heterocycles. The first-order valence-electron chi connectivity index (χ1n) is 5.85. The van der Waals surface area contributed by atoms with Crippen molar-refractivity contribution < 1.29 is 9.66 Å². The fourth-order valence-electron chi connectivity index (χ4n) is 1.72. The number of nitrogens with one attached hydrogen (secondary N) is 1. The average molecular weight is 271 g/mol. The molecule has 2 aromatic carbocycles. The second kappa shape index (κ2) is 5.40. The number of amidine groups is 1. The monoisotopic (exact) mass is 271 g/mol. The Morgan fingerprint density at radius 2 is 2.05 bits per heavy atom. The lowest BCUT2D eigenvalue weighted by atomic mass is 10.1. The lowest BCUT2D eigenvalue weighted by Crippen LogP contribution is -2.12. The number of nitrogen functional groups attached to an aromatic ring is 1. The Bertz CT molecular complexity index is 683. The van der Waals surface area contributed by atoms with Crippen molar-refractivity contribution in [3.63, 3.8) is 0 Å². The summed E-state index contributed by atoms with van der Waals surface area (Å²) in [5.41, 5.74) is 6.82. The van der Waals surface area contributed by atoms with E-state index in [9.17, 15) is 10.1 Å². The molecule has 2 aromatic rings. The number of hydrogen-bond acceptors (Lipinski definition) is 4. The number of nitrogens with zero attached hydrogens (tertiary/aromatic N) is 1. The molecule has 0 aliphatic heterocycles. The van der Waals surface area contributed by atoms with Gasteiger partial charge in [-0.25, -0.2) is 0 Å². The quantitative estimate of drug-likeness (QED) is 0.386. The van der Waals surface area contributed by atoms with Crippen molar-refractivity contribution in [2.75, 3.05) is 0 Å². The summed E-state index contributed by atoms with van der Waals surface area (Å²) in [4.78, 5) is 10.2. The third kappa shape index (κ3) is 2.92. The first-order chi connectivity index (χ1) is 9.47. The third-order valence-electron chi connectivity index (χ3n) is 2.68. The molecule has 2 rings (SSSR count). The summed E-state index contributed by atoms with van der Waals surface area (Å²) in [5.74, 6) is 0.607. The maximum Gasteiger partial charge on any atom is 0.273 e. The Labute approximate surface area is 115 Å². The SMILES string of the molecule is Cc1ccc(C(=N)N)c(Oc2cccc([N+](=O)[O-])c2)c1. The van der Waals surface area contributed by atoms with Crippen molar-refractivity contribution >= 4 is 11.5 Å². The molecular formula is C14H13N3O3. The highest BCUT2D eigenvalue weighted by atomic mass is 16.6. The minimum absolute atomic E-state index is 0.0560. The molecule has 6 nitrogen and oxygen atoms in total. The van der Waals surface area contributed by atoms with Gasteiger partial charge in [-0.05, 0) is 30.7 Å². The fraction of sp³-hybridized carbons (Fsp3) is 0.0714. The summed E-state index contributed by atoms with van der Waals surface area (Å²) in [5, 5.41) is 18.2. The zero-order valence-electron chi connectivity index (χ0n) is 10.8. The van der Waals surface area contributed by atoms with E-state index in [0.717, 1.165) is 5.56 Å². The normalized spacial score (nSPS) is 10.1. The van der Waals surface area contributed by atoms with Gasteiger partial charge in [-0.1, -0.05) is 12.1 Å². The fourth-order valence-corrected chi connectivity index (χ4v) is 1.72. The van der Waals surface area contributed by atoms with E-state index >= 15 is 0 Å². The molecule has 0 unspecified atom stereocenters. The van der Waals surface area contributed by atoms with E-state index in [0.29, 0.717) is 17.1 Å². The molecule has 0 aromatic heterocycles. The van der Waals surface area contributed by atoms with E-state index < -0.39 is 4.92 Å². The summed E-state index contributed by atoms with van der Waals surface area (Å²) in [6, 6.07) is 11.1. The van der Waals surface area contributed by atoms with E-state index in [1.165, 1.54) is 18.2 Å². The van der Waals surface area contributed by atoms with Crippen molar-refractivity contribution in [2.24, 2.45) is 5.73 Å². The second-order valence-corrected chi connectivity index (χ2v) is 4.27. The highest BCUT2D eigenvalue weighted by Gasteiger charge is 2.11. The largest absolute Gasteiger partial charge is 0.456 e.